The van der Waals surface area contributed by atoms with Crippen molar-refractivity contribution in [1.29, 1.82) is 0 Å². The summed E-state index contributed by atoms with van der Waals surface area (Å²) in [6, 6.07) is 3.75. The van der Waals surface area contributed by atoms with E-state index in [1.165, 1.54) is 12.8 Å². The first-order valence-electron chi connectivity index (χ1n) is 6.91. The predicted molar refractivity (Wildman–Crippen MR) is 85.2 cm³/mol. The molecule has 1 aromatic carbocycles. The largest absolute Gasteiger partial charge is 0.495 e. The Balaban J connectivity index is 2.21. The van der Waals surface area contributed by atoms with E-state index in [9.17, 15) is 0 Å². The number of guanidine groups is 1. The SMILES string of the molecule is COc1cc(OC)c(NC(=NC2CCCC2)NN)cc1Cl. The Morgan fingerprint density at radius 2 is 1.90 bits per heavy atom. The van der Waals surface area contributed by atoms with Crippen LogP contribution in [0, 0.1) is 0 Å². The van der Waals surface area contributed by atoms with Gasteiger partial charge in [0.2, 0.25) is 5.96 Å². The molecule has 6 nitrogen and oxygen atoms in total. The number of nitrogens with two attached hydrogens (primary N) is 1. The summed E-state index contributed by atoms with van der Waals surface area (Å²) < 4.78 is 10.5. The molecule has 0 unspecified atom stereocenters. The molecule has 7 heteroatoms. The highest BCUT2D eigenvalue weighted by atomic mass is 35.5. The van der Waals surface area contributed by atoms with Crippen molar-refractivity contribution in [3.8, 4) is 11.5 Å². The molecule has 21 heavy (non-hydrogen) atoms. The van der Waals surface area contributed by atoms with Gasteiger partial charge in [0, 0.05) is 6.07 Å². The van der Waals surface area contributed by atoms with Crippen LogP contribution in [0.15, 0.2) is 17.1 Å². The van der Waals surface area contributed by atoms with E-state index in [1.807, 2.05) is 0 Å². The van der Waals surface area contributed by atoms with Gasteiger partial charge in [0.05, 0.1) is 31.0 Å². The summed E-state index contributed by atoms with van der Waals surface area (Å²) in [5.74, 6) is 7.20. The Morgan fingerprint density at radius 3 is 2.48 bits per heavy atom. The fourth-order valence-corrected chi connectivity index (χ4v) is 2.65. The van der Waals surface area contributed by atoms with E-state index in [-0.39, 0.29) is 0 Å². The molecule has 0 saturated heterocycles. The zero-order valence-corrected chi connectivity index (χ0v) is 13.0. The Labute approximate surface area is 129 Å². The second kappa shape index (κ2) is 7.38. The van der Waals surface area contributed by atoms with Crippen LogP contribution in [0.4, 0.5) is 5.69 Å². The zero-order chi connectivity index (χ0) is 15.2. The molecule has 0 spiro atoms. The number of rotatable bonds is 4. The maximum Gasteiger partial charge on any atom is 0.210 e. The van der Waals surface area contributed by atoms with Crippen molar-refractivity contribution in [2.24, 2.45) is 10.8 Å². The maximum absolute atomic E-state index is 6.14. The summed E-state index contributed by atoms with van der Waals surface area (Å²) in [5, 5.41) is 3.60. The molecule has 1 aromatic rings. The third-order valence-electron chi connectivity index (χ3n) is 3.50. The molecule has 1 aliphatic carbocycles. The van der Waals surface area contributed by atoms with Crippen LogP contribution in [0.25, 0.3) is 0 Å². The summed E-state index contributed by atoms with van der Waals surface area (Å²) in [6.45, 7) is 0. The van der Waals surface area contributed by atoms with E-state index in [1.54, 1.807) is 26.4 Å². The van der Waals surface area contributed by atoms with Crippen molar-refractivity contribution >= 4 is 23.2 Å². The zero-order valence-electron chi connectivity index (χ0n) is 12.3. The summed E-state index contributed by atoms with van der Waals surface area (Å²) in [4.78, 5) is 4.58. The van der Waals surface area contributed by atoms with Crippen molar-refractivity contribution < 1.29 is 9.47 Å². The van der Waals surface area contributed by atoms with E-state index in [4.69, 9.17) is 26.9 Å². The maximum atomic E-state index is 6.14. The second-order valence-electron chi connectivity index (χ2n) is 4.87. The van der Waals surface area contributed by atoms with Crippen LogP contribution in [0.2, 0.25) is 5.02 Å². The number of aliphatic imine (C=N–C) groups is 1. The summed E-state index contributed by atoms with van der Waals surface area (Å²) >= 11 is 6.14. The Kier molecular flexibility index (Phi) is 5.52. The number of anilines is 1. The first-order valence-corrected chi connectivity index (χ1v) is 7.28. The Hall–Kier alpha value is -1.66. The van der Waals surface area contributed by atoms with Gasteiger partial charge in [-0.3, -0.25) is 5.43 Å². The third kappa shape index (κ3) is 3.92. The van der Waals surface area contributed by atoms with Crippen molar-refractivity contribution in [3.05, 3.63) is 17.2 Å². The minimum absolute atomic E-state index is 0.309. The fourth-order valence-electron chi connectivity index (χ4n) is 2.41. The standard InChI is InChI=1S/C14H21ClN4O2/c1-20-12-8-13(21-2)11(7-10(12)15)18-14(19-16)17-9-5-3-4-6-9/h7-9H,3-6,16H2,1-2H3,(H2,17,18,19). The topological polar surface area (TPSA) is 80.9 Å². The molecule has 2 rings (SSSR count). The molecule has 1 fully saturated rings. The van der Waals surface area contributed by atoms with Crippen LogP contribution in [0.5, 0.6) is 11.5 Å². The molecule has 0 bridgehead atoms. The normalized spacial score (nSPS) is 15.9. The van der Waals surface area contributed by atoms with Gasteiger partial charge in [-0.1, -0.05) is 24.4 Å². The van der Waals surface area contributed by atoms with Crippen LogP contribution < -0.4 is 26.1 Å². The van der Waals surface area contributed by atoms with Gasteiger partial charge in [-0.15, -0.1) is 0 Å². The highest BCUT2D eigenvalue weighted by Gasteiger charge is 2.16. The smallest absolute Gasteiger partial charge is 0.210 e. The lowest BCUT2D eigenvalue weighted by Gasteiger charge is -2.16. The number of hydrogen-bond acceptors (Lipinski definition) is 4. The lowest BCUT2D eigenvalue weighted by molar-refractivity contribution is 0.396. The third-order valence-corrected chi connectivity index (χ3v) is 3.80. The molecular weight excluding hydrogens is 292 g/mol. The summed E-state index contributed by atoms with van der Waals surface area (Å²) in [6.07, 6.45) is 4.61. The van der Waals surface area contributed by atoms with E-state index >= 15 is 0 Å². The highest BCUT2D eigenvalue weighted by Crippen LogP contribution is 2.35. The predicted octanol–water partition coefficient (Wildman–Crippen LogP) is 2.53. The van der Waals surface area contributed by atoms with Gasteiger partial charge in [0.1, 0.15) is 11.5 Å². The number of hydrogen-bond donors (Lipinski definition) is 3. The number of benzene rings is 1. The van der Waals surface area contributed by atoms with Crippen LogP contribution in [-0.4, -0.2) is 26.2 Å². The molecular formula is C14H21ClN4O2. The average molecular weight is 313 g/mol. The number of hydrazine groups is 1. The van der Waals surface area contributed by atoms with Crippen LogP contribution in [-0.2, 0) is 0 Å². The van der Waals surface area contributed by atoms with Crippen molar-refractivity contribution in [1.82, 2.24) is 5.43 Å². The number of ether oxygens (including phenoxy) is 2. The van der Waals surface area contributed by atoms with E-state index in [0.29, 0.717) is 34.2 Å². The van der Waals surface area contributed by atoms with Crippen molar-refractivity contribution in [2.75, 3.05) is 19.5 Å². The molecule has 4 N–H and O–H groups in total. The Bertz CT molecular complexity index is 516. The molecule has 0 radical (unpaired) electrons. The van der Waals surface area contributed by atoms with E-state index < -0.39 is 0 Å². The minimum Gasteiger partial charge on any atom is -0.495 e. The van der Waals surface area contributed by atoms with Gasteiger partial charge in [-0.25, -0.2) is 10.8 Å². The molecule has 0 heterocycles. The molecule has 116 valence electrons. The van der Waals surface area contributed by atoms with Crippen molar-refractivity contribution in [2.45, 2.75) is 31.7 Å². The minimum atomic E-state index is 0.309. The lowest BCUT2D eigenvalue weighted by Crippen LogP contribution is -2.37. The molecule has 0 aromatic heterocycles. The first kappa shape index (κ1) is 15.7. The molecule has 1 aliphatic rings. The average Bonchev–Trinajstić information content (AvgIpc) is 2.99. The summed E-state index contributed by atoms with van der Waals surface area (Å²) in [5.41, 5.74) is 3.26. The van der Waals surface area contributed by atoms with Gasteiger partial charge in [0.25, 0.3) is 0 Å². The molecule has 0 atom stereocenters. The fraction of sp³-hybridized carbons (Fsp3) is 0.500. The van der Waals surface area contributed by atoms with E-state index in [2.05, 4.69) is 15.7 Å². The quantitative estimate of drug-likeness (QED) is 0.344. The van der Waals surface area contributed by atoms with Gasteiger partial charge in [0.15, 0.2) is 0 Å². The van der Waals surface area contributed by atoms with Gasteiger partial charge in [-0.05, 0) is 18.9 Å². The number of methoxy groups -OCH3 is 2. The Morgan fingerprint density at radius 1 is 1.24 bits per heavy atom. The molecule has 1 saturated carbocycles. The molecule has 0 amide bonds. The number of nitrogens with one attached hydrogen (secondary N) is 2. The number of halogens is 1. The molecule has 0 aliphatic heterocycles. The first-order chi connectivity index (χ1) is 10.2. The van der Waals surface area contributed by atoms with Gasteiger partial charge >= 0.3 is 0 Å². The highest BCUT2D eigenvalue weighted by molar-refractivity contribution is 6.32. The van der Waals surface area contributed by atoms with Gasteiger partial charge < -0.3 is 14.8 Å². The van der Waals surface area contributed by atoms with E-state index in [0.717, 1.165) is 12.8 Å². The second-order valence-corrected chi connectivity index (χ2v) is 5.28. The monoisotopic (exact) mass is 312 g/mol. The van der Waals surface area contributed by atoms with Crippen LogP contribution in [0.1, 0.15) is 25.7 Å². The summed E-state index contributed by atoms with van der Waals surface area (Å²) in [7, 11) is 3.14. The lowest BCUT2D eigenvalue weighted by atomic mass is 10.2. The van der Waals surface area contributed by atoms with Crippen molar-refractivity contribution in [3.63, 3.8) is 0 Å². The van der Waals surface area contributed by atoms with Gasteiger partial charge in [-0.2, -0.15) is 0 Å². The van der Waals surface area contributed by atoms with Crippen LogP contribution in [0.3, 0.4) is 0 Å². The number of nitrogens with zero attached hydrogens (tertiary/aromatic N) is 1. The van der Waals surface area contributed by atoms with Crippen LogP contribution >= 0.6 is 11.6 Å².